The van der Waals surface area contributed by atoms with E-state index in [1.165, 1.54) is 17.0 Å². The smallest absolute Gasteiger partial charge is 0.386 e. The maximum absolute atomic E-state index is 15.4. The summed E-state index contributed by atoms with van der Waals surface area (Å²) in [5, 5.41) is 21.3. The molecule has 6 heterocycles. The lowest BCUT2D eigenvalue weighted by Gasteiger charge is -2.24. The Bertz CT molecular complexity index is 1830. The van der Waals surface area contributed by atoms with Crippen LogP contribution in [0.1, 0.15) is 24.3 Å². The molecule has 0 aliphatic carbocycles. The van der Waals surface area contributed by atoms with E-state index in [4.69, 9.17) is 34.5 Å². The number of H-pyrrole nitrogens is 1. The largest absolute Gasteiger partial charge is 0.394 e. The summed E-state index contributed by atoms with van der Waals surface area (Å²) < 4.78 is 70.9. The van der Waals surface area contributed by atoms with Gasteiger partial charge in [0.25, 0.3) is 5.56 Å². The highest BCUT2D eigenvalue weighted by Gasteiger charge is 2.51. The third-order valence-electron chi connectivity index (χ3n) is 6.85. The summed E-state index contributed by atoms with van der Waals surface area (Å²) in [4.78, 5) is 26.5. The van der Waals surface area contributed by atoms with Crippen LogP contribution in [0.4, 0.5) is 16.3 Å². The van der Waals surface area contributed by atoms with Gasteiger partial charge in [0.2, 0.25) is 19.1 Å². The van der Waals surface area contributed by atoms with E-state index in [0.29, 0.717) is 11.2 Å². The molecule has 44 heavy (non-hydrogen) atoms. The average molecular weight is 696 g/mol. The van der Waals surface area contributed by atoms with Gasteiger partial charge in [-0.3, -0.25) is 23.4 Å². The average Bonchev–Trinajstić information content (AvgIpc) is 3.73. The molecule has 4 aromatic heterocycles. The molecule has 4 aromatic rings. The Morgan fingerprint density at radius 2 is 2.07 bits per heavy atom. The lowest BCUT2D eigenvalue weighted by atomic mass is 10.1. The third-order valence-corrected chi connectivity index (χ3v) is 9.29. The molecule has 6 rings (SSSR count). The van der Waals surface area contributed by atoms with Gasteiger partial charge >= 0.3 is 6.80 Å². The monoisotopic (exact) mass is 695 g/mol. The molecule has 0 amide bonds. The molecule has 0 spiro atoms. The number of hydrogen-bond donors (Lipinski definition) is 6. The summed E-state index contributed by atoms with van der Waals surface area (Å²) >= 11 is 7.85. The minimum Gasteiger partial charge on any atom is -0.394 e. The van der Waals surface area contributed by atoms with E-state index < -0.39 is 75.7 Å². The molecule has 0 saturated carbocycles. The van der Waals surface area contributed by atoms with Crippen LogP contribution in [0.3, 0.4) is 0 Å². The summed E-state index contributed by atoms with van der Waals surface area (Å²) in [6.07, 6.45) is -6.37. The summed E-state index contributed by atoms with van der Waals surface area (Å²) in [5.74, 6) is -0.190. The molecule has 238 valence electrons. The molecule has 2 aliphatic rings. The van der Waals surface area contributed by atoms with Crippen molar-refractivity contribution in [3.05, 3.63) is 28.4 Å². The Labute approximate surface area is 255 Å². The van der Waals surface area contributed by atoms with Crippen molar-refractivity contribution in [2.45, 2.75) is 49.3 Å². The van der Waals surface area contributed by atoms with Crippen LogP contribution in [-0.2, 0) is 32.2 Å². The first-order valence-electron chi connectivity index (χ1n) is 12.6. The van der Waals surface area contributed by atoms with Crippen molar-refractivity contribution in [2.75, 3.05) is 24.7 Å². The number of rotatable bonds is 10. The Morgan fingerprint density at radius 3 is 2.82 bits per heavy atom. The molecular weight excluding hydrogens is 671 g/mol. The van der Waals surface area contributed by atoms with E-state index in [2.05, 4.69) is 59.8 Å². The number of nitrogens with one attached hydrogen (secondary N) is 1. The maximum atomic E-state index is 15.4. The fourth-order valence-electron chi connectivity index (χ4n) is 4.93. The predicted octanol–water partition coefficient (Wildman–Crippen LogP) is 0.0191. The Kier molecular flexibility index (Phi) is 8.69. The number of aromatic nitrogens is 9. The number of hydrogen-bond acceptors (Lipinski definition) is 17. The normalized spacial score (nSPS) is 29.4. The van der Waals surface area contributed by atoms with Crippen LogP contribution in [0.15, 0.2) is 17.3 Å². The Balaban J connectivity index is 1.20. The zero-order chi connectivity index (χ0) is 31.3. The minimum atomic E-state index is -4.43. The van der Waals surface area contributed by atoms with E-state index in [9.17, 15) is 19.0 Å². The molecule has 2 aliphatic heterocycles. The highest BCUT2D eigenvalue weighted by Crippen LogP contribution is 2.57. The lowest BCUT2D eigenvalue weighted by Crippen LogP contribution is -2.32. The molecule has 4 unspecified atom stereocenters. The number of ether oxygens (including phenoxy) is 2. The van der Waals surface area contributed by atoms with Crippen LogP contribution in [0.5, 0.6) is 0 Å². The fraction of sp³-hybridized carbons (Fsp3) is 0.526. The van der Waals surface area contributed by atoms with Gasteiger partial charge in [-0.2, -0.15) is 19.3 Å². The number of nitrogen functional groups attached to an aromatic ring is 2. The van der Waals surface area contributed by atoms with Crippen molar-refractivity contribution < 1.29 is 41.7 Å². The molecule has 0 aromatic carbocycles. The summed E-state index contributed by atoms with van der Waals surface area (Å²) in [7, 11) is -2.76. The second-order valence-electron chi connectivity index (χ2n) is 9.57. The van der Waals surface area contributed by atoms with E-state index in [0.717, 1.165) is 4.68 Å². The highest BCUT2D eigenvalue weighted by molar-refractivity contribution is 8.44. The van der Waals surface area contributed by atoms with Crippen molar-refractivity contribution in [3.8, 4) is 0 Å². The van der Waals surface area contributed by atoms with Crippen LogP contribution in [0, 0.1) is 0 Å². The third kappa shape index (κ3) is 5.96. The van der Waals surface area contributed by atoms with Crippen molar-refractivity contribution in [1.82, 2.24) is 44.5 Å². The van der Waals surface area contributed by atoms with Gasteiger partial charge in [-0.05, 0) is 0 Å². The number of thiol groups is 2. The van der Waals surface area contributed by atoms with Gasteiger partial charge in [-0.1, -0.05) is 29.7 Å². The van der Waals surface area contributed by atoms with Crippen LogP contribution in [-0.4, -0.2) is 93.5 Å². The number of fused-ring (bicyclic) bond motifs is 2. The van der Waals surface area contributed by atoms with Gasteiger partial charge < -0.3 is 30.6 Å². The van der Waals surface area contributed by atoms with Crippen LogP contribution in [0.2, 0.25) is 0 Å². The zero-order valence-electron chi connectivity index (χ0n) is 22.0. The number of aliphatic hydroxyl groups excluding tert-OH is 1. The number of halogens is 1. The predicted molar refractivity (Wildman–Crippen MR) is 154 cm³/mol. The van der Waals surface area contributed by atoms with Crippen LogP contribution < -0.4 is 17.0 Å². The zero-order valence-corrected chi connectivity index (χ0v) is 25.7. The fourth-order valence-corrected chi connectivity index (χ4v) is 7.29. The van der Waals surface area contributed by atoms with Crippen molar-refractivity contribution in [2.24, 2.45) is 0 Å². The van der Waals surface area contributed by atoms with Gasteiger partial charge in [0.15, 0.2) is 29.2 Å². The molecule has 25 heteroatoms. The number of aromatic amines is 1. The van der Waals surface area contributed by atoms with Crippen molar-refractivity contribution in [3.63, 3.8) is 0 Å². The summed E-state index contributed by atoms with van der Waals surface area (Å²) in [5.41, 5.74) is 11.2. The van der Waals surface area contributed by atoms with Crippen LogP contribution in [0.25, 0.3) is 16.8 Å². The van der Waals surface area contributed by atoms with Crippen LogP contribution >= 0.6 is 38.5 Å². The quantitative estimate of drug-likeness (QED) is 0.0942. The molecule has 20 nitrogen and oxygen atoms in total. The molecular formula is C19H24FN11O9P2S2. The van der Waals surface area contributed by atoms with Gasteiger partial charge in [0, 0.05) is 12.0 Å². The van der Waals surface area contributed by atoms with Crippen molar-refractivity contribution >= 4 is 67.2 Å². The van der Waals surface area contributed by atoms with Gasteiger partial charge in [-0.25, -0.2) is 18.9 Å². The molecule has 6 N–H and O–H groups in total. The van der Waals surface area contributed by atoms with E-state index in [1.54, 1.807) is 0 Å². The molecule has 9 atom stereocenters. The number of aliphatic hydroxyl groups is 1. The van der Waals surface area contributed by atoms with E-state index in [1.807, 2.05) is 0 Å². The first-order valence-corrected chi connectivity index (χ1v) is 17.9. The second-order valence-corrected chi connectivity index (χ2v) is 14.3. The first kappa shape index (κ1) is 31.3. The van der Waals surface area contributed by atoms with E-state index in [-0.39, 0.29) is 29.5 Å². The number of nitrogens with two attached hydrogens (primary N) is 2. The van der Waals surface area contributed by atoms with Crippen molar-refractivity contribution in [1.29, 1.82) is 0 Å². The van der Waals surface area contributed by atoms with Gasteiger partial charge in [-0.15, -0.1) is 5.10 Å². The summed E-state index contributed by atoms with van der Waals surface area (Å²) in [6.45, 7) is -5.69. The molecule has 2 saturated heterocycles. The lowest BCUT2D eigenvalue weighted by molar-refractivity contribution is -0.0548. The standard InChI is InChI=1S/C19H24FN11O9P2S2/c20-11-9(3-32)38-17(30-15-12(28-29-30)16(33)27-18(21)26-15)13(11)40-42(35,44)36-4-10-8(39-41(34)43)1-7(37-10)6-2-25-31-14(6)23-5-24-19(31)22/h2,5,7-11,13,17,32,41H,1,3-4H2,(H,34,43)(H,35,44)(H2,22,23,24)(H3,21,26,27,33)/t7-,8?,9-,10-,11+,13?,17-,42?/m1/s1. The Hall–Kier alpha value is -2.72. The Morgan fingerprint density at radius 1 is 1.27 bits per heavy atom. The molecule has 0 radical (unpaired) electrons. The SMILES string of the molecule is Nc1nc2c(nnn2[C@@H]2O[C@H](CO)[C@H](F)C2OP(=O)(S)OC[C@H]2O[C@@H](c3cnn4c(N)ncnc34)CC2O[PH](=O)S)c(=O)[nH]1. The molecule has 0 bridgehead atoms. The minimum absolute atomic E-state index is 0.0919. The topological polar surface area (TPSA) is 272 Å². The van der Waals surface area contributed by atoms with Gasteiger partial charge in [0.05, 0.1) is 31.6 Å². The number of anilines is 2. The number of alkyl halides is 1. The van der Waals surface area contributed by atoms with Gasteiger partial charge in [0.1, 0.15) is 24.6 Å². The molecule has 2 fully saturated rings. The second kappa shape index (κ2) is 12.2. The van der Waals surface area contributed by atoms with E-state index >= 15 is 4.39 Å². The first-order chi connectivity index (χ1) is 21.0. The summed E-state index contributed by atoms with van der Waals surface area (Å²) in [6, 6.07) is 0. The number of nitrogens with zero attached hydrogens (tertiary/aromatic N) is 8. The highest BCUT2D eigenvalue weighted by atomic mass is 32.7. The maximum Gasteiger partial charge on any atom is 0.386 e.